The first-order valence-electron chi connectivity index (χ1n) is 6.40. The van der Waals surface area contributed by atoms with Gasteiger partial charge in [0.1, 0.15) is 15.6 Å². The number of nitrogens with zero attached hydrogens (tertiary/aromatic N) is 1. The van der Waals surface area contributed by atoms with E-state index in [1.54, 1.807) is 12.1 Å². The number of amidine groups is 1. The number of nitrogens with two attached hydrogens (primary N) is 1. The quantitative estimate of drug-likeness (QED) is 0.209. The Kier molecular flexibility index (Phi) is 6.44. The van der Waals surface area contributed by atoms with Gasteiger partial charge in [-0.25, -0.2) is 8.42 Å². The maximum atomic E-state index is 11.0. The van der Waals surface area contributed by atoms with E-state index in [0.29, 0.717) is 30.8 Å². The summed E-state index contributed by atoms with van der Waals surface area (Å²) < 4.78 is 27.2. The molecule has 0 radical (unpaired) electrons. The minimum atomic E-state index is -2.91. The summed E-state index contributed by atoms with van der Waals surface area (Å²) in [4.78, 5) is 0. The molecule has 0 amide bonds. The number of benzene rings is 1. The Morgan fingerprint density at radius 3 is 2.76 bits per heavy atom. The van der Waals surface area contributed by atoms with Crippen LogP contribution in [-0.2, 0) is 16.4 Å². The van der Waals surface area contributed by atoms with Crippen molar-refractivity contribution in [1.29, 1.82) is 0 Å². The van der Waals surface area contributed by atoms with Crippen LogP contribution in [0.2, 0.25) is 0 Å². The molecule has 4 N–H and O–H groups in total. The van der Waals surface area contributed by atoms with Crippen molar-refractivity contribution in [1.82, 2.24) is 5.32 Å². The van der Waals surface area contributed by atoms with Gasteiger partial charge in [-0.2, -0.15) is 0 Å². The molecule has 0 bridgehead atoms. The molecular formula is C13H21N3O4S. The number of ether oxygens (including phenoxy) is 1. The van der Waals surface area contributed by atoms with Gasteiger partial charge in [-0.15, -0.1) is 0 Å². The zero-order valence-electron chi connectivity index (χ0n) is 12.2. The van der Waals surface area contributed by atoms with E-state index in [-0.39, 0.29) is 11.6 Å². The highest BCUT2D eigenvalue weighted by Gasteiger charge is 2.08. The van der Waals surface area contributed by atoms with E-state index in [1.807, 2.05) is 6.07 Å². The minimum absolute atomic E-state index is 0.0143. The predicted octanol–water partition coefficient (Wildman–Crippen LogP) is 0.314. The fraction of sp³-hybridized carbons (Fsp3) is 0.462. The molecular weight excluding hydrogens is 294 g/mol. The van der Waals surface area contributed by atoms with Gasteiger partial charge in [0.2, 0.25) is 0 Å². The highest BCUT2D eigenvalue weighted by Crippen LogP contribution is 2.20. The van der Waals surface area contributed by atoms with E-state index < -0.39 is 9.84 Å². The lowest BCUT2D eigenvalue weighted by atomic mass is 10.1. The fourth-order valence-electron chi connectivity index (χ4n) is 1.80. The number of methoxy groups -OCH3 is 1. The van der Waals surface area contributed by atoms with Crippen molar-refractivity contribution in [3.05, 3.63) is 29.3 Å². The summed E-state index contributed by atoms with van der Waals surface area (Å²) in [5.41, 5.74) is 7.02. The van der Waals surface area contributed by atoms with Crippen LogP contribution in [-0.4, -0.2) is 45.1 Å². The molecule has 0 aromatic heterocycles. The van der Waals surface area contributed by atoms with Gasteiger partial charge in [0.05, 0.1) is 18.4 Å². The summed E-state index contributed by atoms with van der Waals surface area (Å²) in [7, 11) is -1.40. The van der Waals surface area contributed by atoms with Crippen molar-refractivity contribution in [3.63, 3.8) is 0 Å². The average Bonchev–Trinajstić information content (AvgIpc) is 2.44. The lowest BCUT2D eigenvalue weighted by Crippen LogP contribution is -2.18. The van der Waals surface area contributed by atoms with E-state index in [9.17, 15) is 8.42 Å². The fourth-order valence-corrected chi connectivity index (χ4v) is 2.47. The number of nitrogens with one attached hydrogen (secondary N) is 1. The third-order valence-corrected chi connectivity index (χ3v) is 3.88. The summed E-state index contributed by atoms with van der Waals surface area (Å²) in [6, 6.07) is 5.33. The molecule has 0 saturated heterocycles. The third-order valence-electron chi connectivity index (χ3n) is 2.85. The lowest BCUT2D eigenvalue weighted by Gasteiger charge is -2.10. The van der Waals surface area contributed by atoms with E-state index >= 15 is 0 Å². The smallest absolute Gasteiger partial charge is 0.173 e. The van der Waals surface area contributed by atoms with Gasteiger partial charge >= 0.3 is 0 Å². The SMILES string of the molecule is COc1cc(CNCCCS(C)(=O)=O)ccc1/C(N)=N/O. The number of sulfone groups is 1. The van der Waals surface area contributed by atoms with Crippen LogP contribution in [0.15, 0.2) is 23.4 Å². The molecule has 0 aliphatic carbocycles. The van der Waals surface area contributed by atoms with Crippen LogP contribution in [0.4, 0.5) is 0 Å². The van der Waals surface area contributed by atoms with E-state index in [4.69, 9.17) is 15.7 Å². The van der Waals surface area contributed by atoms with Crippen LogP contribution in [0.25, 0.3) is 0 Å². The molecule has 0 unspecified atom stereocenters. The second kappa shape index (κ2) is 7.84. The van der Waals surface area contributed by atoms with Crippen LogP contribution >= 0.6 is 0 Å². The van der Waals surface area contributed by atoms with Gasteiger partial charge in [0, 0.05) is 12.8 Å². The highest BCUT2D eigenvalue weighted by molar-refractivity contribution is 7.90. The zero-order valence-corrected chi connectivity index (χ0v) is 13.0. The second-order valence-corrected chi connectivity index (χ2v) is 6.94. The van der Waals surface area contributed by atoms with Crippen molar-refractivity contribution >= 4 is 15.7 Å². The summed E-state index contributed by atoms with van der Waals surface area (Å²) in [6.07, 6.45) is 1.79. The summed E-state index contributed by atoms with van der Waals surface area (Å²) in [6.45, 7) is 1.19. The molecule has 0 aliphatic heterocycles. The van der Waals surface area contributed by atoms with Crippen molar-refractivity contribution in [2.75, 3.05) is 25.7 Å². The van der Waals surface area contributed by atoms with Crippen molar-refractivity contribution in [2.45, 2.75) is 13.0 Å². The van der Waals surface area contributed by atoms with Crippen LogP contribution in [0.5, 0.6) is 5.75 Å². The van der Waals surface area contributed by atoms with Crippen LogP contribution in [0.3, 0.4) is 0 Å². The summed E-state index contributed by atoms with van der Waals surface area (Å²) in [5, 5.41) is 14.8. The van der Waals surface area contributed by atoms with Gasteiger partial charge in [-0.05, 0) is 30.7 Å². The Morgan fingerprint density at radius 1 is 1.48 bits per heavy atom. The lowest BCUT2D eigenvalue weighted by molar-refractivity contribution is 0.318. The molecule has 0 spiro atoms. The Hall–Kier alpha value is -1.80. The van der Waals surface area contributed by atoms with Crippen LogP contribution < -0.4 is 15.8 Å². The molecule has 0 saturated carbocycles. The first-order chi connectivity index (χ1) is 9.87. The molecule has 0 aliphatic rings. The normalized spacial score (nSPS) is 12.4. The van der Waals surface area contributed by atoms with E-state index in [2.05, 4.69) is 10.5 Å². The van der Waals surface area contributed by atoms with Crippen molar-refractivity contribution in [2.24, 2.45) is 10.9 Å². The molecule has 118 valence electrons. The van der Waals surface area contributed by atoms with E-state index in [0.717, 1.165) is 5.56 Å². The Bertz CT molecular complexity index is 599. The second-order valence-electron chi connectivity index (χ2n) is 4.68. The maximum Gasteiger partial charge on any atom is 0.173 e. The molecule has 1 rings (SSSR count). The maximum absolute atomic E-state index is 11.0. The first kappa shape index (κ1) is 17.3. The molecule has 1 aromatic carbocycles. The van der Waals surface area contributed by atoms with Crippen LogP contribution in [0.1, 0.15) is 17.5 Å². The van der Waals surface area contributed by atoms with Gasteiger partial charge in [-0.3, -0.25) is 0 Å². The zero-order chi connectivity index (χ0) is 15.9. The standard InChI is InChI=1S/C13H21N3O4S/c1-20-12-8-10(4-5-11(12)13(14)16-17)9-15-6-3-7-21(2,18)19/h4-5,8,15,17H,3,6-7,9H2,1-2H3,(H2,14,16). The minimum Gasteiger partial charge on any atom is -0.496 e. The Labute approximate surface area is 124 Å². The topological polar surface area (TPSA) is 114 Å². The number of hydrogen-bond donors (Lipinski definition) is 3. The predicted molar refractivity (Wildman–Crippen MR) is 81.5 cm³/mol. The van der Waals surface area contributed by atoms with Crippen molar-refractivity contribution < 1.29 is 18.4 Å². The molecule has 21 heavy (non-hydrogen) atoms. The van der Waals surface area contributed by atoms with Gasteiger partial charge < -0.3 is 21.0 Å². The molecule has 1 aromatic rings. The highest BCUT2D eigenvalue weighted by atomic mass is 32.2. The third kappa shape index (κ3) is 6.01. The first-order valence-corrected chi connectivity index (χ1v) is 8.46. The molecule has 0 heterocycles. The Morgan fingerprint density at radius 2 is 2.19 bits per heavy atom. The largest absolute Gasteiger partial charge is 0.496 e. The molecule has 7 nitrogen and oxygen atoms in total. The Balaban J connectivity index is 2.57. The van der Waals surface area contributed by atoms with E-state index in [1.165, 1.54) is 13.4 Å². The summed E-state index contributed by atoms with van der Waals surface area (Å²) >= 11 is 0. The van der Waals surface area contributed by atoms with Crippen molar-refractivity contribution in [3.8, 4) is 5.75 Å². The monoisotopic (exact) mass is 315 g/mol. The average molecular weight is 315 g/mol. The van der Waals surface area contributed by atoms with Crippen LogP contribution in [0, 0.1) is 0 Å². The van der Waals surface area contributed by atoms with Gasteiger partial charge in [0.25, 0.3) is 0 Å². The molecule has 0 atom stereocenters. The van der Waals surface area contributed by atoms with Gasteiger partial charge in [-0.1, -0.05) is 11.2 Å². The number of rotatable bonds is 8. The molecule has 0 fully saturated rings. The summed E-state index contributed by atoms with van der Waals surface area (Å²) in [5.74, 6) is 0.673. The number of hydrogen-bond acceptors (Lipinski definition) is 6. The van der Waals surface area contributed by atoms with Gasteiger partial charge in [0.15, 0.2) is 5.84 Å². The molecule has 8 heteroatoms. The number of oxime groups is 1.